The van der Waals surface area contributed by atoms with E-state index in [1.54, 1.807) is 6.92 Å². The number of hydrogen-bond acceptors (Lipinski definition) is 6. The van der Waals surface area contributed by atoms with Crippen LogP contribution in [-0.2, 0) is 19.1 Å². The van der Waals surface area contributed by atoms with Gasteiger partial charge in [-0.3, -0.25) is 9.59 Å². The van der Waals surface area contributed by atoms with Gasteiger partial charge in [0.1, 0.15) is 5.00 Å². The molecule has 2 rings (SSSR count). The summed E-state index contributed by atoms with van der Waals surface area (Å²) in [6, 6.07) is 9.56. The van der Waals surface area contributed by atoms with E-state index in [0.29, 0.717) is 10.6 Å². The number of thiophene rings is 1. The topological polar surface area (TPSA) is 81.7 Å². The molecule has 132 valence electrons. The van der Waals surface area contributed by atoms with Gasteiger partial charge >= 0.3 is 11.9 Å². The van der Waals surface area contributed by atoms with Crippen molar-refractivity contribution >= 4 is 34.2 Å². The number of rotatable bonds is 6. The molecule has 25 heavy (non-hydrogen) atoms. The van der Waals surface area contributed by atoms with Crippen LogP contribution in [0.1, 0.15) is 29.8 Å². The number of esters is 2. The number of nitrogens with one attached hydrogen (secondary N) is 1. The van der Waals surface area contributed by atoms with E-state index < -0.39 is 24.5 Å². The lowest BCUT2D eigenvalue weighted by atomic mass is 10.1. The number of hydrogen-bond donors (Lipinski definition) is 1. The molecule has 1 N–H and O–H groups in total. The van der Waals surface area contributed by atoms with E-state index >= 15 is 0 Å². The molecule has 0 saturated heterocycles. The summed E-state index contributed by atoms with van der Waals surface area (Å²) < 4.78 is 9.79. The molecule has 1 aromatic carbocycles. The van der Waals surface area contributed by atoms with Crippen molar-refractivity contribution in [2.45, 2.75) is 20.8 Å². The zero-order chi connectivity index (χ0) is 18.4. The van der Waals surface area contributed by atoms with E-state index in [4.69, 9.17) is 4.74 Å². The second-order valence-corrected chi connectivity index (χ2v) is 6.20. The Hall–Kier alpha value is -2.67. The Morgan fingerprint density at radius 2 is 1.80 bits per heavy atom. The second kappa shape index (κ2) is 8.43. The van der Waals surface area contributed by atoms with Gasteiger partial charge in [-0.25, -0.2) is 4.79 Å². The van der Waals surface area contributed by atoms with Crippen molar-refractivity contribution in [1.29, 1.82) is 0 Å². The summed E-state index contributed by atoms with van der Waals surface area (Å²) in [4.78, 5) is 36.0. The average Bonchev–Trinajstić information content (AvgIpc) is 2.90. The largest absolute Gasteiger partial charge is 0.462 e. The standard InChI is InChI=1S/C18H19NO5S/c1-4-23-18(22)15-11(2)16(13-8-6-5-7-9-13)25-17(15)19-14(21)10-24-12(3)20/h5-9H,4,10H2,1-3H3,(H,19,21). The molecule has 0 spiro atoms. The summed E-state index contributed by atoms with van der Waals surface area (Å²) in [5.41, 5.74) is 2.00. The molecule has 1 amide bonds. The number of amides is 1. The summed E-state index contributed by atoms with van der Waals surface area (Å²) in [7, 11) is 0. The van der Waals surface area contributed by atoms with Gasteiger partial charge in [-0.05, 0) is 25.0 Å². The molecule has 0 aliphatic heterocycles. The zero-order valence-corrected chi connectivity index (χ0v) is 15.1. The van der Waals surface area contributed by atoms with Crippen LogP contribution in [0, 0.1) is 6.92 Å². The zero-order valence-electron chi connectivity index (χ0n) is 14.3. The molecule has 0 bridgehead atoms. The quantitative estimate of drug-likeness (QED) is 0.798. The Bertz CT molecular complexity index is 782. The van der Waals surface area contributed by atoms with Gasteiger partial charge < -0.3 is 14.8 Å². The minimum atomic E-state index is -0.548. The van der Waals surface area contributed by atoms with Gasteiger partial charge in [0, 0.05) is 11.8 Å². The lowest BCUT2D eigenvalue weighted by molar-refractivity contribution is -0.144. The van der Waals surface area contributed by atoms with E-state index in [0.717, 1.165) is 16.0 Å². The number of anilines is 1. The summed E-state index contributed by atoms with van der Waals surface area (Å²) in [6.45, 7) is 4.58. The molecule has 1 aromatic heterocycles. The van der Waals surface area contributed by atoms with Crippen molar-refractivity contribution in [3.8, 4) is 10.4 Å². The van der Waals surface area contributed by atoms with Crippen molar-refractivity contribution in [3.05, 3.63) is 41.5 Å². The molecule has 0 saturated carbocycles. The van der Waals surface area contributed by atoms with Crippen molar-refractivity contribution < 1.29 is 23.9 Å². The maximum absolute atomic E-state index is 12.3. The Morgan fingerprint density at radius 3 is 2.40 bits per heavy atom. The van der Waals surface area contributed by atoms with Crippen molar-refractivity contribution in [3.63, 3.8) is 0 Å². The first kappa shape index (κ1) is 18.7. The fourth-order valence-electron chi connectivity index (χ4n) is 2.25. The number of ether oxygens (including phenoxy) is 2. The molecule has 7 heteroatoms. The van der Waals surface area contributed by atoms with Crippen LogP contribution in [0.5, 0.6) is 0 Å². The minimum absolute atomic E-state index is 0.232. The molecule has 0 aliphatic rings. The van der Waals surface area contributed by atoms with Crippen LogP contribution in [0.2, 0.25) is 0 Å². The summed E-state index contributed by atoms with van der Waals surface area (Å²) in [5.74, 6) is -1.56. The monoisotopic (exact) mass is 361 g/mol. The molecule has 0 radical (unpaired) electrons. The molecule has 2 aromatic rings. The first-order valence-electron chi connectivity index (χ1n) is 7.73. The normalized spacial score (nSPS) is 10.2. The van der Waals surface area contributed by atoms with Crippen LogP contribution in [0.4, 0.5) is 5.00 Å². The van der Waals surface area contributed by atoms with Gasteiger partial charge in [0.25, 0.3) is 5.91 Å². The van der Waals surface area contributed by atoms with E-state index in [1.807, 2.05) is 37.3 Å². The van der Waals surface area contributed by atoms with Crippen LogP contribution in [0.25, 0.3) is 10.4 Å². The van der Waals surface area contributed by atoms with E-state index in [1.165, 1.54) is 18.3 Å². The molecule has 0 atom stereocenters. The minimum Gasteiger partial charge on any atom is -0.462 e. The second-order valence-electron chi connectivity index (χ2n) is 5.18. The third-order valence-corrected chi connectivity index (χ3v) is 4.58. The third-order valence-electron chi connectivity index (χ3n) is 3.32. The first-order chi connectivity index (χ1) is 11.9. The van der Waals surface area contributed by atoms with Crippen molar-refractivity contribution in [2.75, 3.05) is 18.5 Å². The van der Waals surface area contributed by atoms with Crippen LogP contribution < -0.4 is 5.32 Å². The number of carbonyl (C=O) groups is 3. The number of carbonyl (C=O) groups excluding carboxylic acids is 3. The van der Waals surface area contributed by atoms with Crippen molar-refractivity contribution in [1.82, 2.24) is 0 Å². The van der Waals surface area contributed by atoms with Crippen LogP contribution in [0.15, 0.2) is 30.3 Å². The highest BCUT2D eigenvalue weighted by atomic mass is 32.1. The maximum Gasteiger partial charge on any atom is 0.341 e. The lowest BCUT2D eigenvalue weighted by Gasteiger charge is -2.07. The molecular formula is C18H19NO5S. The Kier molecular flexibility index (Phi) is 6.30. The maximum atomic E-state index is 12.3. The van der Waals surface area contributed by atoms with Gasteiger partial charge in [0.15, 0.2) is 6.61 Å². The SMILES string of the molecule is CCOC(=O)c1c(NC(=O)COC(C)=O)sc(-c2ccccc2)c1C. The average molecular weight is 361 g/mol. The fourth-order valence-corrected chi connectivity index (χ4v) is 3.46. The molecule has 0 aliphatic carbocycles. The van der Waals surface area contributed by atoms with Gasteiger partial charge in [-0.1, -0.05) is 30.3 Å². The third kappa shape index (κ3) is 4.67. The van der Waals surface area contributed by atoms with Crippen molar-refractivity contribution in [2.24, 2.45) is 0 Å². The molecule has 6 nitrogen and oxygen atoms in total. The summed E-state index contributed by atoms with van der Waals surface area (Å²) in [5, 5.41) is 3.02. The lowest BCUT2D eigenvalue weighted by Crippen LogP contribution is -2.20. The van der Waals surface area contributed by atoms with Gasteiger partial charge in [-0.2, -0.15) is 0 Å². The van der Waals surface area contributed by atoms with Crippen LogP contribution >= 0.6 is 11.3 Å². The van der Waals surface area contributed by atoms with E-state index in [2.05, 4.69) is 10.1 Å². The smallest absolute Gasteiger partial charge is 0.341 e. The predicted molar refractivity (Wildman–Crippen MR) is 95.7 cm³/mol. The highest BCUT2D eigenvalue weighted by Crippen LogP contribution is 2.40. The Balaban J connectivity index is 2.38. The van der Waals surface area contributed by atoms with Gasteiger partial charge in [0.2, 0.25) is 0 Å². The highest BCUT2D eigenvalue weighted by molar-refractivity contribution is 7.20. The van der Waals surface area contributed by atoms with Gasteiger partial charge in [-0.15, -0.1) is 11.3 Å². The Morgan fingerprint density at radius 1 is 1.12 bits per heavy atom. The Labute approximate surface area is 149 Å². The van der Waals surface area contributed by atoms with E-state index in [-0.39, 0.29) is 6.61 Å². The van der Waals surface area contributed by atoms with Gasteiger partial charge in [0.05, 0.1) is 12.2 Å². The molecule has 1 heterocycles. The highest BCUT2D eigenvalue weighted by Gasteiger charge is 2.24. The summed E-state index contributed by atoms with van der Waals surface area (Å²) in [6.07, 6.45) is 0. The van der Waals surface area contributed by atoms with Crippen LogP contribution in [0.3, 0.4) is 0 Å². The summed E-state index contributed by atoms with van der Waals surface area (Å²) >= 11 is 1.28. The molecule has 0 fully saturated rings. The first-order valence-corrected chi connectivity index (χ1v) is 8.54. The van der Waals surface area contributed by atoms with Crippen LogP contribution in [-0.4, -0.2) is 31.1 Å². The van der Waals surface area contributed by atoms with E-state index in [9.17, 15) is 14.4 Å². The molecular weight excluding hydrogens is 342 g/mol. The fraction of sp³-hybridized carbons (Fsp3) is 0.278. The number of benzene rings is 1. The molecule has 0 unspecified atom stereocenters. The predicted octanol–water partition coefficient (Wildman–Crippen LogP) is 3.40.